The Morgan fingerprint density at radius 1 is 1.45 bits per heavy atom. The van der Waals surface area contributed by atoms with Crippen LogP contribution in [0, 0.1) is 0 Å². The average molecular weight is 303 g/mol. The maximum atomic E-state index is 12.1. The van der Waals surface area contributed by atoms with Crippen molar-refractivity contribution >= 4 is 5.91 Å². The highest BCUT2D eigenvalue weighted by atomic mass is 16.3. The summed E-state index contributed by atoms with van der Waals surface area (Å²) in [5, 5.41) is 14.2. The van der Waals surface area contributed by atoms with Crippen molar-refractivity contribution in [2.45, 2.75) is 63.3 Å². The van der Waals surface area contributed by atoms with Gasteiger partial charge in [0.2, 0.25) is 5.91 Å². The van der Waals surface area contributed by atoms with Gasteiger partial charge in [-0.3, -0.25) is 14.7 Å². The van der Waals surface area contributed by atoms with E-state index in [1.165, 1.54) is 0 Å². The van der Waals surface area contributed by atoms with Gasteiger partial charge in [-0.1, -0.05) is 6.07 Å². The van der Waals surface area contributed by atoms with Crippen LogP contribution in [-0.4, -0.2) is 45.6 Å². The minimum Gasteiger partial charge on any atom is -0.382 e. The highest BCUT2D eigenvalue weighted by molar-refractivity contribution is 5.78. The van der Waals surface area contributed by atoms with Crippen LogP contribution in [0.2, 0.25) is 0 Å². The van der Waals surface area contributed by atoms with E-state index >= 15 is 0 Å². The molecule has 0 aromatic carbocycles. The van der Waals surface area contributed by atoms with E-state index < -0.39 is 5.60 Å². The van der Waals surface area contributed by atoms with Gasteiger partial charge in [-0.2, -0.15) is 0 Å². The molecular formula is C17H25N3O2. The summed E-state index contributed by atoms with van der Waals surface area (Å²) >= 11 is 0. The van der Waals surface area contributed by atoms with E-state index in [2.05, 4.69) is 15.2 Å². The molecule has 3 rings (SSSR count). The van der Waals surface area contributed by atoms with Crippen molar-refractivity contribution < 1.29 is 9.90 Å². The third-order valence-corrected chi connectivity index (χ3v) is 4.94. The molecule has 2 saturated heterocycles. The first kappa shape index (κ1) is 15.4. The maximum Gasteiger partial charge on any atom is 0.234 e. The van der Waals surface area contributed by atoms with Gasteiger partial charge in [0.05, 0.1) is 12.2 Å². The molecule has 120 valence electrons. The van der Waals surface area contributed by atoms with E-state index in [0.717, 1.165) is 31.4 Å². The number of aromatic nitrogens is 1. The molecule has 2 aliphatic rings. The van der Waals surface area contributed by atoms with Gasteiger partial charge < -0.3 is 10.4 Å². The molecule has 2 fully saturated rings. The Morgan fingerprint density at radius 3 is 2.95 bits per heavy atom. The second-order valence-electron chi connectivity index (χ2n) is 6.82. The Hall–Kier alpha value is -1.46. The fraction of sp³-hybridized carbons (Fsp3) is 0.647. The molecule has 0 spiro atoms. The van der Waals surface area contributed by atoms with Crippen LogP contribution in [0.15, 0.2) is 24.4 Å². The lowest BCUT2D eigenvalue weighted by Crippen LogP contribution is -2.56. The quantitative estimate of drug-likeness (QED) is 0.883. The minimum atomic E-state index is -0.938. The van der Waals surface area contributed by atoms with Gasteiger partial charge in [-0.05, 0) is 51.7 Å². The van der Waals surface area contributed by atoms with Crippen LogP contribution >= 0.6 is 0 Å². The van der Waals surface area contributed by atoms with Crippen LogP contribution in [0.25, 0.3) is 0 Å². The number of hydrogen-bond acceptors (Lipinski definition) is 4. The van der Waals surface area contributed by atoms with Gasteiger partial charge in [0, 0.05) is 24.3 Å². The molecule has 3 atom stereocenters. The lowest BCUT2D eigenvalue weighted by atomic mass is 9.82. The molecule has 0 radical (unpaired) electrons. The van der Waals surface area contributed by atoms with Crippen LogP contribution in [0.1, 0.15) is 45.2 Å². The summed E-state index contributed by atoms with van der Waals surface area (Å²) in [6.45, 7) is 4.29. The summed E-state index contributed by atoms with van der Waals surface area (Å²) in [5.74, 6) is 0.0390. The Morgan fingerprint density at radius 2 is 2.27 bits per heavy atom. The first-order chi connectivity index (χ1) is 10.5. The van der Waals surface area contributed by atoms with Crippen LogP contribution in [0.4, 0.5) is 0 Å². The summed E-state index contributed by atoms with van der Waals surface area (Å²) in [4.78, 5) is 18.7. The molecule has 2 N–H and O–H groups in total. The predicted molar refractivity (Wildman–Crippen MR) is 84.2 cm³/mol. The number of carbonyl (C=O) groups excluding carboxylic acids is 1. The second kappa shape index (κ2) is 5.97. The zero-order valence-electron chi connectivity index (χ0n) is 13.3. The van der Waals surface area contributed by atoms with Gasteiger partial charge in [-0.15, -0.1) is 0 Å². The number of aliphatic hydroxyl groups is 1. The van der Waals surface area contributed by atoms with E-state index in [0.29, 0.717) is 12.6 Å². The van der Waals surface area contributed by atoms with Gasteiger partial charge in [-0.25, -0.2) is 0 Å². The smallest absolute Gasteiger partial charge is 0.234 e. The van der Waals surface area contributed by atoms with Gasteiger partial charge in [0.25, 0.3) is 0 Å². The van der Waals surface area contributed by atoms with Gasteiger partial charge >= 0.3 is 0 Å². The number of rotatable bonds is 4. The molecule has 1 amide bonds. The summed E-state index contributed by atoms with van der Waals surface area (Å²) in [6.07, 6.45) is 5.34. The summed E-state index contributed by atoms with van der Waals surface area (Å²) in [5.41, 5.74) is -0.207. The van der Waals surface area contributed by atoms with E-state index in [1.54, 1.807) is 6.20 Å². The summed E-state index contributed by atoms with van der Waals surface area (Å²) < 4.78 is 0. The Bertz CT molecular complexity index is 534. The molecule has 0 aliphatic carbocycles. The molecule has 2 aliphatic heterocycles. The number of fused-ring (bicyclic) bond motifs is 2. The fourth-order valence-electron chi connectivity index (χ4n) is 4.00. The zero-order valence-corrected chi connectivity index (χ0v) is 13.3. The second-order valence-corrected chi connectivity index (χ2v) is 6.82. The third kappa shape index (κ3) is 2.75. The molecular weight excluding hydrogens is 278 g/mol. The lowest BCUT2D eigenvalue weighted by Gasteiger charge is -2.45. The fourth-order valence-corrected chi connectivity index (χ4v) is 4.00. The SMILES string of the molecule is CC(C)NC(=O)CN1C2CCC1C(O)(c1ccccn1)CC2. The van der Waals surface area contributed by atoms with E-state index in [9.17, 15) is 9.90 Å². The van der Waals surface area contributed by atoms with Crippen LogP contribution < -0.4 is 5.32 Å². The maximum absolute atomic E-state index is 12.1. The number of hydrogen-bond donors (Lipinski definition) is 2. The number of carbonyl (C=O) groups is 1. The number of pyridine rings is 1. The van der Waals surface area contributed by atoms with E-state index in [4.69, 9.17) is 0 Å². The largest absolute Gasteiger partial charge is 0.382 e. The Balaban J connectivity index is 1.80. The number of amides is 1. The molecule has 22 heavy (non-hydrogen) atoms. The van der Waals surface area contributed by atoms with Gasteiger partial charge in [0.15, 0.2) is 0 Å². The monoisotopic (exact) mass is 303 g/mol. The van der Waals surface area contributed by atoms with Crippen molar-refractivity contribution in [1.82, 2.24) is 15.2 Å². The normalized spacial score (nSPS) is 31.5. The van der Waals surface area contributed by atoms with E-state index in [1.807, 2.05) is 32.0 Å². The zero-order chi connectivity index (χ0) is 15.7. The minimum absolute atomic E-state index is 0.0148. The summed E-state index contributed by atoms with van der Waals surface area (Å²) in [6, 6.07) is 6.21. The van der Waals surface area contributed by atoms with Crippen LogP contribution in [-0.2, 0) is 10.4 Å². The molecule has 5 heteroatoms. The van der Waals surface area contributed by atoms with Crippen molar-refractivity contribution in [1.29, 1.82) is 0 Å². The molecule has 5 nitrogen and oxygen atoms in total. The highest BCUT2D eigenvalue weighted by Gasteiger charge is 2.52. The number of nitrogens with zero attached hydrogens (tertiary/aromatic N) is 2. The van der Waals surface area contributed by atoms with E-state index in [-0.39, 0.29) is 18.0 Å². The average Bonchev–Trinajstić information content (AvgIpc) is 2.78. The molecule has 1 aromatic rings. The summed E-state index contributed by atoms with van der Waals surface area (Å²) in [7, 11) is 0. The molecule has 0 saturated carbocycles. The first-order valence-corrected chi connectivity index (χ1v) is 8.19. The van der Waals surface area contributed by atoms with Crippen molar-refractivity contribution in [2.24, 2.45) is 0 Å². The standard InChI is InChI=1S/C17H25N3O2/c1-12(2)19-16(21)11-20-13-6-7-15(20)17(22,9-8-13)14-5-3-4-10-18-14/h3-5,10,12-13,15,22H,6-9,11H2,1-2H3,(H,19,21). The molecule has 1 aromatic heterocycles. The molecule has 3 heterocycles. The van der Waals surface area contributed by atoms with Crippen molar-refractivity contribution in [3.63, 3.8) is 0 Å². The van der Waals surface area contributed by atoms with Crippen LogP contribution in [0.5, 0.6) is 0 Å². The molecule has 3 unspecified atom stereocenters. The Kier molecular flexibility index (Phi) is 4.19. The topological polar surface area (TPSA) is 65.5 Å². The Labute approximate surface area is 131 Å². The van der Waals surface area contributed by atoms with Crippen LogP contribution in [0.3, 0.4) is 0 Å². The van der Waals surface area contributed by atoms with Gasteiger partial charge in [0.1, 0.15) is 5.60 Å². The predicted octanol–water partition coefficient (Wildman–Crippen LogP) is 1.42. The number of nitrogens with one attached hydrogen (secondary N) is 1. The molecule has 2 bridgehead atoms. The third-order valence-electron chi connectivity index (χ3n) is 4.94. The van der Waals surface area contributed by atoms with Crippen molar-refractivity contribution in [3.8, 4) is 0 Å². The van der Waals surface area contributed by atoms with Crippen molar-refractivity contribution in [2.75, 3.05) is 6.54 Å². The van der Waals surface area contributed by atoms with Crippen molar-refractivity contribution in [3.05, 3.63) is 30.1 Å². The lowest BCUT2D eigenvalue weighted by molar-refractivity contribution is -0.129. The number of piperidine rings is 1. The highest BCUT2D eigenvalue weighted by Crippen LogP contribution is 2.45. The first-order valence-electron chi connectivity index (χ1n) is 8.19.